The molecule has 2 aromatic carbocycles. The summed E-state index contributed by atoms with van der Waals surface area (Å²) in [5, 5.41) is 3.62. The van der Waals surface area contributed by atoms with Crippen LogP contribution in [0.1, 0.15) is 35.2 Å². The molecule has 0 fully saturated rings. The highest BCUT2D eigenvalue weighted by Gasteiger charge is 2.13. The molecule has 0 aromatic heterocycles. The van der Waals surface area contributed by atoms with Gasteiger partial charge < -0.3 is 5.32 Å². The Labute approximate surface area is 130 Å². The summed E-state index contributed by atoms with van der Waals surface area (Å²) in [6, 6.07) is 15.7. The van der Waals surface area contributed by atoms with E-state index in [1.165, 1.54) is 22.3 Å². The zero-order valence-electron chi connectivity index (χ0n) is 12.4. The highest BCUT2D eigenvalue weighted by molar-refractivity contribution is 9.10. The Morgan fingerprint density at radius 1 is 1.05 bits per heavy atom. The number of hydrogen-bond donors (Lipinski definition) is 1. The van der Waals surface area contributed by atoms with E-state index in [0.717, 1.165) is 17.4 Å². The second-order valence-corrected chi connectivity index (χ2v) is 6.22. The Kier molecular flexibility index (Phi) is 5.38. The molecule has 1 nitrogen and oxygen atoms in total. The molecule has 2 rings (SSSR count). The van der Waals surface area contributed by atoms with E-state index in [9.17, 15) is 0 Å². The summed E-state index contributed by atoms with van der Waals surface area (Å²) in [6.07, 6.45) is 1.02. The first-order valence-corrected chi connectivity index (χ1v) is 7.94. The summed E-state index contributed by atoms with van der Waals surface area (Å²) in [6.45, 7) is 7.50. The fourth-order valence-corrected chi connectivity index (χ4v) is 2.79. The van der Waals surface area contributed by atoms with Crippen LogP contribution >= 0.6 is 15.9 Å². The van der Waals surface area contributed by atoms with Gasteiger partial charge in [-0.2, -0.15) is 0 Å². The molecule has 0 aliphatic heterocycles. The highest BCUT2D eigenvalue weighted by Crippen LogP contribution is 2.23. The molecular formula is C18H22BrN. The molecule has 2 heteroatoms. The number of aryl methyl sites for hydroxylation is 2. The molecule has 0 saturated carbocycles. The van der Waals surface area contributed by atoms with Crippen LogP contribution in [-0.2, 0) is 6.42 Å². The first kappa shape index (κ1) is 15.3. The summed E-state index contributed by atoms with van der Waals surface area (Å²) >= 11 is 3.49. The maximum absolute atomic E-state index is 3.62. The summed E-state index contributed by atoms with van der Waals surface area (Å²) in [5.41, 5.74) is 5.46. The molecule has 2 aromatic rings. The number of rotatable bonds is 5. The monoisotopic (exact) mass is 331 g/mol. The SMILES string of the molecule is CCNC(Cc1ccc(Br)cc1)c1cc(C)ccc1C. The lowest BCUT2D eigenvalue weighted by molar-refractivity contribution is 0.547. The van der Waals surface area contributed by atoms with Crippen molar-refractivity contribution in [3.63, 3.8) is 0 Å². The molecule has 0 radical (unpaired) electrons. The van der Waals surface area contributed by atoms with Crippen LogP contribution in [0.5, 0.6) is 0 Å². The molecule has 0 aliphatic rings. The van der Waals surface area contributed by atoms with Crippen LogP contribution in [0.3, 0.4) is 0 Å². The molecule has 1 atom stereocenters. The number of hydrogen-bond acceptors (Lipinski definition) is 1. The first-order valence-electron chi connectivity index (χ1n) is 7.15. The van der Waals surface area contributed by atoms with Gasteiger partial charge in [-0.15, -0.1) is 0 Å². The van der Waals surface area contributed by atoms with Crippen molar-refractivity contribution in [2.75, 3.05) is 6.54 Å². The first-order chi connectivity index (χ1) is 9.60. The van der Waals surface area contributed by atoms with Crippen LogP contribution in [-0.4, -0.2) is 6.54 Å². The molecule has 0 bridgehead atoms. The Bertz CT molecular complexity index is 560. The Balaban J connectivity index is 2.26. The maximum Gasteiger partial charge on any atom is 0.0363 e. The third-order valence-electron chi connectivity index (χ3n) is 3.61. The average Bonchev–Trinajstić information content (AvgIpc) is 2.43. The van der Waals surface area contributed by atoms with Gasteiger partial charge in [-0.1, -0.05) is 58.7 Å². The van der Waals surface area contributed by atoms with Crippen molar-refractivity contribution in [3.05, 3.63) is 69.2 Å². The van der Waals surface area contributed by atoms with E-state index < -0.39 is 0 Å². The molecular weight excluding hydrogens is 310 g/mol. The number of halogens is 1. The molecule has 0 amide bonds. The van der Waals surface area contributed by atoms with Crippen LogP contribution in [0.4, 0.5) is 0 Å². The standard InChI is InChI=1S/C18H22BrN/c1-4-20-18(12-15-7-9-16(19)10-8-15)17-11-13(2)5-6-14(17)3/h5-11,18,20H,4,12H2,1-3H3. The van der Waals surface area contributed by atoms with E-state index in [-0.39, 0.29) is 0 Å². The van der Waals surface area contributed by atoms with Gasteiger partial charge in [0.05, 0.1) is 0 Å². The third-order valence-corrected chi connectivity index (χ3v) is 4.14. The molecule has 106 valence electrons. The fourth-order valence-electron chi connectivity index (χ4n) is 2.53. The normalized spacial score (nSPS) is 12.4. The molecule has 0 aliphatic carbocycles. The number of benzene rings is 2. The number of likely N-dealkylation sites (N-methyl/N-ethyl adjacent to an activating group) is 1. The lowest BCUT2D eigenvalue weighted by Crippen LogP contribution is -2.23. The largest absolute Gasteiger partial charge is 0.310 e. The van der Waals surface area contributed by atoms with Gasteiger partial charge in [-0.3, -0.25) is 0 Å². The Hall–Kier alpha value is -1.12. The second kappa shape index (κ2) is 7.05. The van der Waals surface area contributed by atoms with Crippen LogP contribution in [0, 0.1) is 13.8 Å². The van der Waals surface area contributed by atoms with Crippen molar-refractivity contribution < 1.29 is 0 Å². The number of nitrogens with one attached hydrogen (secondary N) is 1. The van der Waals surface area contributed by atoms with Crippen molar-refractivity contribution in [3.8, 4) is 0 Å². The minimum absolute atomic E-state index is 0.376. The third kappa shape index (κ3) is 3.94. The van der Waals surface area contributed by atoms with Crippen molar-refractivity contribution in [2.45, 2.75) is 33.2 Å². The van der Waals surface area contributed by atoms with E-state index >= 15 is 0 Å². The van der Waals surface area contributed by atoms with Crippen molar-refractivity contribution in [1.29, 1.82) is 0 Å². The lowest BCUT2D eigenvalue weighted by atomic mass is 9.94. The van der Waals surface area contributed by atoms with E-state index in [2.05, 4.69) is 84.5 Å². The van der Waals surface area contributed by atoms with Gasteiger partial charge in [0.1, 0.15) is 0 Å². The average molecular weight is 332 g/mol. The van der Waals surface area contributed by atoms with Crippen molar-refractivity contribution in [1.82, 2.24) is 5.32 Å². The minimum atomic E-state index is 0.376. The smallest absolute Gasteiger partial charge is 0.0363 e. The minimum Gasteiger partial charge on any atom is -0.310 e. The van der Waals surface area contributed by atoms with Gasteiger partial charge >= 0.3 is 0 Å². The molecule has 20 heavy (non-hydrogen) atoms. The molecule has 1 unspecified atom stereocenters. The van der Waals surface area contributed by atoms with Gasteiger partial charge in [0.25, 0.3) is 0 Å². The van der Waals surface area contributed by atoms with Crippen LogP contribution in [0.25, 0.3) is 0 Å². The summed E-state index contributed by atoms with van der Waals surface area (Å²) < 4.78 is 1.13. The van der Waals surface area contributed by atoms with Gasteiger partial charge in [0, 0.05) is 10.5 Å². The van der Waals surface area contributed by atoms with Crippen LogP contribution in [0.15, 0.2) is 46.9 Å². The van der Waals surface area contributed by atoms with E-state index in [4.69, 9.17) is 0 Å². The fraction of sp³-hybridized carbons (Fsp3) is 0.333. The van der Waals surface area contributed by atoms with Crippen LogP contribution in [0.2, 0.25) is 0 Å². The van der Waals surface area contributed by atoms with Crippen molar-refractivity contribution >= 4 is 15.9 Å². The van der Waals surface area contributed by atoms with Gasteiger partial charge in [0.2, 0.25) is 0 Å². The molecule has 0 spiro atoms. The zero-order valence-corrected chi connectivity index (χ0v) is 14.0. The summed E-state index contributed by atoms with van der Waals surface area (Å²) in [7, 11) is 0. The second-order valence-electron chi connectivity index (χ2n) is 5.30. The predicted molar refractivity (Wildman–Crippen MR) is 90.2 cm³/mol. The zero-order chi connectivity index (χ0) is 14.5. The Morgan fingerprint density at radius 3 is 2.40 bits per heavy atom. The molecule has 1 N–H and O–H groups in total. The van der Waals surface area contributed by atoms with E-state index in [0.29, 0.717) is 6.04 Å². The summed E-state index contributed by atoms with van der Waals surface area (Å²) in [5.74, 6) is 0. The van der Waals surface area contributed by atoms with Gasteiger partial charge in [-0.05, 0) is 55.6 Å². The molecule has 0 heterocycles. The van der Waals surface area contributed by atoms with Gasteiger partial charge in [-0.25, -0.2) is 0 Å². The van der Waals surface area contributed by atoms with Crippen LogP contribution < -0.4 is 5.32 Å². The molecule has 0 saturated heterocycles. The predicted octanol–water partition coefficient (Wildman–Crippen LogP) is 4.96. The van der Waals surface area contributed by atoms with E-state index in [1.807, 2.05) is 0 Å². The highest BCUT2D eigenvalue weighted by atomic mass is 79.9. The quantitative estimate of drug-likeness (QED) is 0.816. The Morgan fingerprint density at radius 2 is 1.75 bits per heavy atom. The van der Waals surface area contributed by atoms with E-state index in [1.54, 1.807) is 0 Å². The topological polar surface area (TPSA) is 12.0 Å². The van der Waals surface area contributed by atoms with Gasteiger partial charge in [0.15, 0.2) is 0 Å². The lowest BCUT2D eigenvalue weighted by Gasteiger charge is -2.21. The summed E-state index contributed by atoms with van der Waals surface area (Å²) in [4.78, 5) is 0. The van der Waals surface area contributed by atoms with Crippen molar-refractivity contribution in [2.24, 2.45) is 0 Å². The maximum atomic E-state index is 3.62.